The molecule has 14 heavy (non-hydrogen) atoms. The van der Waals surface area contributed by atoms with Crippen molar-refractivity contribution < 1.29 is 4.74 Å². The molecule has 2 heteroatoms. The Morgan fingerprint density at radius 1 is 1.07 bits per heavy atom. The lowest BCUT2D eigenvalue weighted by Crippen LogP contribution is -1.97. The summed E-state index contributed by atoms with van der Waals surface area (Å²) in [6, 6.07) is 8.46. The number of rotatable bonds is 4. The highest BCUT2D eigenvalue weighted by atomic mass is 32.3. The Kier molecular flexibility index (Phi) is 3.87. The van der Waals surface area contributed by atoms with Crippen LogP contribution < -0.4 is 4.74 Å². The third kappa shape index (κ3) is 4.05. The molecule has 0 radical (unpaired) electrons. The first-order valence-electron chi connectivity index (χ1n) is 4.89. The highest BCUT2D eigenvalue weighted by molar-refractivity contribution is 8.31. The smallest absolute Gasteiger partial charge is 0.119 e. The van der Waals surface area contributed by atoms with Gasteiger partial charge in [0.05, 0.1) is 6.61 Å². The molecular formula is C12H20OS. The minimum Gasteiger partial charge on any atom is -0.494 e. The molecule has 1 aromatic carbocycles. The van der Waals surface area contributed by atoms with Crippen LogP contribution in [0.25, 0.3) is 0 Å². The van der Waals surface area contributed by atoms with E-state index in [1.807, 2.05) is 6.92 Å². The van der Waals surface area contributed by atoms with Gasteiger partial charge in [-0.15, -0.1) is 0 Å². The van der Waals surface area contributed by atoms with E-state index in [0.717, 1.165) is 12.4 Å². The Hall–Kier alpha value is -0.630. The summed E-state index contributed by atoms with van der Waals surface area (Å²) in [7, 11) is -0.443. The van der Waals surface area contributed by atoms with Crippen molar-refractivity contribution in [1.82, 2.24) is 0 Å². The van der Waals surface area contributed by atoms with Crippen molar-refractivity contribution in [2.45, 2.75) is 12.7 Å². The molecule has 0 N–H and O–H groups in total. The minimum atomic E-state index is -0.443. The second kappa shape index (κ2) is 4.74. The van der Waals surface area contributed by atoms with Crippen molar-refractivity contribution in [3.63, 3.8) is 0 Å². The average Bonchev–Trinajstić information content (AvgIpc) is 2.06. The fourth-order valence-corrected chi connectivity index (χ4v) is 2.54. The maximum Gasteiger partial charge on any atom is 0.119 e. The summed E-state index contributed by atoms with van der Waals surface area (Å²) in [4.78, 5) is 0. The molecule has 0 saturated carbocycles. The monoisotopic (exact) mass is 212 g/mol. The van der Waals surface area contributed by atoms with Crippen LogP contribution >= 0.6 is 10.0 Å². The van der Waals surface area contributed by atoms with Gasteiger partial charge in [0, 0.05) is 5.75 Å². The van der Waals surface area contributed by atoms with Crippen LogP contribution in [0, 0.1) is 0 Å². The fourth-order valence-electron chi connectivity index (χ4n) is 1.35. The molecule has 0 bridgehead atoms. The predicted molar refractivity (Wildman–Crippen MR) is 66.7 cm³/mol. The van der Waals surface area contributed by atoms with Gasteiger partial charge in [0.2, 0.25) is 0 Å². The van der Waals surface area contributed by atoms with E-state index in [1.165, 1.54) is 11.3 Å². The van der Waals surface area contributed by atoms with Gasteiger partial charge in [-0.05, 0) is 43.4 Å². The Labute approximate surface area is 88.8 Å². The normalized spacial score (nSPS) is 12.6. The molecule has 0 heterocycles. The Morgan fingerprint density at radius 3 is 2.07 bits per heavy atom. The van der Waals surface area contributed by atoms with Crippen molar-refractivity contribution >= 4 is 10.0 Å². The number of hydrogen-bond donors (Lipinski definition) is 0. The molecule has 1 nitrogen and oxygen atoms in total. The second-order valence-electron chi connectivity index (χ2n) is 4.31. The fraction of sp³-hybridized carbons (Fsp3) is 0.500. The molecular weight excluding hydrogens is 192 g/mol. The molecule has 0 saturated heterocycles. The molecule has 0 aromatic heterocycles. The van der Waals surface area contributed by atoms with Gasteiger partial charge in [0.1, 0.15) is 5.75 Å². The molecule has 0 amide bonds. The van der Waals surface area contributed by atoms with Crippen LogP contribution in [-0.4, -0.2) is 25.4 Å². The first-order valence-corrected chi connectivity index (χ1v) is 7.92. The van der Waals surface area contributed by atoms with Gasteiger partial charge >= 0.3 is 0 Å². The second-order valence-corrected chi connectivity index (χ2v) is 8.78. The van der Waals surface area contributed by atoms with Crippen molar-refractivity contribution in [2.75, 3.05) is 25.4 Å². The van der Waals surface area contributed by atoms with Gasteiger partial charge in [-0.25, -0.2) is 10.0 Å². The summed E-state index contributed by atoms with van der Waals surface area (Å²) in [5.74, 6) is 2.17. The third-order valence-corrected chi connectivity index (χ3v) is 3.03. The summed E-state index contributed by atoms with van der Waals surface area (Å²) < 4.78 is 5.40. The summed E-state index contributed by atoms with van der Waals surface area (Å²) >= 11 is 0. The van der Waals surface area contributed by atoms with Crippen molar-refractivity contribution in [2.24, 2.45) is 0 Å². The zero-order valence-corrected chi connectivity index (χ0v) is 10.4. The van der Waals surface area contributed by atoms with Gasteiger partial charge in [-0.2, -0.15) is 0 Å². The van der Waals surface area contributed by atoms with Crippen LogP contribution in [0.4, 0.5) is 0 Å². The van der Waals surface area contributed by atoms with Gasteiger partial charge in [0.15, 0.2) is 0 Å². The average molecular weight is 212 g/mol. The SMILES string of the molecule is CCOc1ccc(CS(C)(C)C)cc1. The third-order valence-electron chi connectivity index (χ3n) is 1.83. The van der Waals surface area contributed by atoms with E-state index in [2.05, 4.69) is 43.0 Å². The van der Waals surface area contributed by atoms with Crippen molar-refractivity contribution in [1.29, 1.82) is 0 Å². The molecule has 80 valence electrons. The van der Waals surface area contributed by atoms with E-state index in [4.69, 9.17) is 4.74 Å². The Bertz CT molecular complexity index is 271. The standard InChI is InChI=1S/C12H20OS/c1-5-13-12-8-6-11(7-9-12)10-14(2,3)4/h6-9H,5,10H2,1-4H3. The van der Waals surface area contributed by atoms with Crippen LogP contribution in [0.3, 0.4) is 0 Å². The molecule has 0 aliphatic carbocycles. The summed E-state index contributed by atoms with van der Waals surface area (Å²) in [5, 5.41) is 0. The summed E-state index contributed by atoms with van der Waals surface area (Å²) in [6.45, 7) is 2.75. The van der Waals surface area contributed by atoms with Gasteiger partial charge < -0.3 is 4.74 Å². The maximum atomic E-state index is 5.40. The van der Waals surface area contributed by atoms with E-state index in [1.54, 1.807) is 0 Å². The lowest BCUT2D eigenvalue weighted by atomic mass is 10.2. The predicted octanol–water partition coefficient (Wildman–Crippen LogP) is 3.28. The van der Waals surface area contributed by atoms with E-state index >= 15 is 0 Å². The highest BCUT2D eigenvalue weighted by Crippen LogP contribution is 2.39. The molecule has 0 unspecified atom stereocenters. The molecule has 1 aromatic rings. The molecule has 0 aliphatic heterocycles. The van der Waals surface area contributed by atoms with Crippen LogP contribution in [0.2, 0.25) is 0 Å². The molecule has 0 aliphatic rings. The number of benzene rings is 1. The van der Waals surface area contributed by atoms with E-state index in [9.17, 15) is 0 Å². The van der Waals surface area contributed by atoms with Gasteiger partial charge in [-0.3, -0.25) is 0 Å². The van der Waals surface area contributed by atoms with Crippen molar-refractivity contribution in [3.8, 4) is 5.75 Å². The van der Waals surface area contributed by atoms with Gasteiger partial charge in [0.25, 0.3) is 0 Å². The first kappa shape index (κ1) is 11.4. The van der Waals surface area contributed by atoms with Crippen LogP contribution in [0.15, 0.2) is 24.3 Å². The van der Waals surface area contributed by atoms with E-state index in [-0.39, 0.29) is 0 Å². The molecule has 0 spiro atoms. The lowest BCUT2D eigenvalue weighted by Gasteiger charge is -2.25. The van der Waals surface area contributed by atoms with Crippen LogP contribution in [0.5, 0.6) is 5.75 Å². The zero-order valence-electron chi connectivity index (χ0n) is 9.54. The molecule has 1 rings (SSSR count). The Morgan fingerprint density at radius 2 is 1.64 bits per heavy atom. The molecule has 0 atom stereocenters. The summed E-state index contributed by atoms with van der Waals surface area (Å²) in [5.41, 5.74) is 1.41. The number of hydrogen-bond acceptors (Lipinski definition) is 1. The topological polar surface area (TPSA) is 9.23 Å². The quantitative estimate of drug-likeness (QED) is 0.744. The van der Waals surface area contributed by atoms with E-state index in [0.29, 0.717) is 0 Å². The number of ether oxygens (including phenoxy) is 1. The summed E-state index contributed by atoms with van der Waals surface area (Å²) in [6.07, 6.45) is 7.01. The largest absolute Gasteiger partial charge is 0.494 e. The van der Waals surface area contributed by atoms with Crippen molar-refractivity contribution in [3.05, 3.63) is 29.8 Å². The minimum absolute atomic E-state index is 0.443. The lowest BCUT2D eigenvalue weighted by molar-refractivity contribution is 0.340. The van der Waals surface area contributed by atoms with Crippen LogP contribution in [-0.2, 0) is 5.75 Å². The first-order chi connectivity index (χ1) is 6.51. The van der Waals surface area contributed by atoms with Gasteiger partial charge in [-0.1, -0.05) is 12.1 Å². The zero-order chi connectivity index (χ0) is 10.6. The maximum absolute atomic E-state index is 5.40. The highest BCUT2D eigenvalue weighted by Gasteiger charge is 2.05. The van der Waals surface area contributed by atoms with E-state index < -0.39 is 10.0 Å². The molecule has 0 fully saturated rings. The Balaban J connectivity index is 2.64. The van der Waals surface area contributed by atoms with Crippen LogP contribution in [0.1, 0.15) is 12.5 Å².